The molecule has 7 heteroatoms. The third kappa shape index (κ3) is 4.38. The van der Waals surface area contributed by atoms with Crippen LogP contribution in [0.1, 0.15) is 24.1 Å². The number of hydrogen-bond acceptors (Lipinski definition) is 3. The Hall–Kier alpha value is -2.57. The van der Waals surface area contributed by atoms with E-state index in [4.69, 9.17) is 16.3 Å². The maximum Gasteiger partial charge on any atom is 0.264 e. The summed E-state index contributed by atoms with van der Waals surface area (Å²) in [5.41, 5.74) is 2.27. The van der Waals surface area contributed by atoms with E-state index in [0.717, 1.165) is 23.3 Å². The van der Waals surface area contributed by atoms with Crippen LogP contribution in [0.15, 0.2) is 71.6 Å². The first-order valence-electron chi connectivity index (χ1n) is 8.94. The van der Waals surface area contributed by atoms with Crippen molar-refractivity contribution in [3.63, 3.8) is 0 Å². The first kappa shape index (κ1) is 21.1. The molecule has 0 N–H and O–H groups in total. The molecule has 0 saturated heterocycles. The zero-order valence-corrected chi connectivity index (χ0v) is 17.8. The third-order valence-corrected chi connectivity index (χ3v) is 6.82. The number of sulfonamides is 1. The van der Waals surface area contributed by atoms with Gasteiger partial charge in [0.25, 0.3) is 10.0 Å². The molecule has 0 unspecified atom stereocenters. The Balaban J connectivity index is 2.19. The zero-order chi connectivity index (χ0) is 21.2. The lowest BCUT2D eigenvalue weighted by molar-refractivity contribution is 0.415. The molecule has 152 valence electrons. The molecule has 3 aromatic rings. The number of ether oxygens (including phenoxy) is 1. The molecule has 3 rings (SSSR count). The number of hydrogen-bond donors (Lipinski definition) is 0. The number of benzene rings is 3. The van der Waals surface area contributed by atoms with E-state index in [9.17, 15) is 12.8 Å². The zero-order valence-electron chi connectivity index (χ0n) is 16.3. The highest BCUT2D eigenvalue weighted by Crippen LogP contribution is 2.35. The summed E-state index contributed by atoms with van der Waals surface area (Å²) < 4.78 is 47.4. The van der Waals surface area contributed by atoms with Crippen LogP contribution in [0.25, 0.3) is 0 Å². The molecular formula is C22H21ClFNO3S. The van der Waals surface area contributed by atoms with Gasteiger partial charge in [0, 0.05) is 6.07 Å². The van der Waals surface area contributed by atoms with Gasteiger partial charge in [-0.25, -0.2) is 12.8 Å². The van der Waals surface area contributed by atoms with E-state index in [1.165, 1.54) is 17.5 Å². The smallest absolute Gasteiger partial charge is 0.264 e. The molecule has 4 nitrogen and oxygen atoms in total. The largest absolute Gasteiger partial charge is 0.497 e. The van der Waals surface area contributed by atoms with Crippen molar-refractivity contribution in [2.75, 3.05) is 11.4 Å². The molecule has 0 spiro atoms. The van der Waals surface area contributed by atoms with Gasteiger partial charge in [-0.2, -0.15) is 0 Å². The predicted octanol–water partition coefficient (Wildman–Crippen LogP) is 5.75. The molecule has 0 amide bonds. The van der Waals surface area contributed by atoms with Crippen LogP contribution in [-0.2, 0) is 10.0 Å². The van der Waals surface area contributed by atoms with Gasteiger partial charge in [-0.3, -0.25) is 4.31 Å². The van der Waals surface area contributed by atoms with Crippen LogP contribution >= 0.6 is 11.6 Å². The van der Waals surface area contributed by atoms with Gasteiger partial charge in [0.05, 0.1) is 28.8 Å². The van der Waals surface area contributed by atoms with Crippen LogP contribution in [0.4, 0.5) is 10.1 Å². The Morgan fingerprint density at radius 3 is 2.41 bits per heavy atom. The summed E-state index contributed by atoms with van der Waals surface area (Å²) in [6.45, 7) is 3.75. The number of rotatable bonds is 6. The summed E-state index contributed by atoms with van der Waals surface area (Å²) in [5, 5.41) is -0.250. The molecule has 3 aromatic carbocycles. The lowest BCUT2D eigenvalue weighted by atomic mass is 10.1. The lowest BCUT2D eigenvalue weighted by Crippen LogP contribution is -2.33. The minimum Gasteiger partial charge on any atom is -0.497 e. The molecule has 0 bridgehead atoms. The van der Waals surface area contributed by atoms with Crippen molar-refractivity contribution in [3.8, 4) is 5.75 Å². The van der Waals surface area contributed by atoms with Crippen molar-refractivity contribution in [1.29, 1.82) is 0 Å². The second kappa shape index (κ2) is 8.43. The van der Waals surface area contributed by atoms with E-state index in [2.05, 4.69) is 0 Å². The Morgan fingerprint density at radius 2 is 1.76 bits per heavy atom. The normalized spacial score (nSPS) is 12.4. The van der Waals surface area contributed by atoms with Gasteiger partial charge in [0.15, 0.2) is 0 Å². The van der Waals surface area contributed by atoms with Crippen LogP contribution < -0.4 is 9.04 Å². The molecule has 0 fully saturated rings. The van der Waals surface area contributed by atoms with Gasteiger partial charge in [-0.05, 0) is 49.7 Å². The number of aryl methyl sites for hydroxylation is 1. The van der Waals surface area contributed by atoms with Gasteiger partial charge in [-0.15, -0.1) is 0 Å². The van der Waals surface area contributed by atoms with Crippen molar-refractivity contribution < 1.29 is 17.5 Å². The summed E-state index contributed by atoms with van der Waals surface area (Å²) in [4.78, 5) is -0.0915. The number of nitrogens with zero attached hydrogens (tertiary/aromatic N) is 1. The van der Waals surface area contributed by atoms with Gasteiger partial charge in [0.2, 0.25) is 0 Å². The standard InChI is InChI=1S/C22H21ClFNO3S/c1-15-6-4-7-17(12-15)16(2)25(18-8-5-9-19(13-18)28-3)29(26,27)20-10-11-22(24)21(23)14-20/h4-14,16H,1-3H3/t16-/m1/s1. The Bertz CT molecular complexity index is 1130. The first-order valence-corrected chi connectivity index (χ1v) is 10.8. The van der Waals surface area contributed by atoms with E-state index in [1.54, 1.807) is 31.2 Å². The Morgan fingerprint density at radius 1 is 1.03 bits per heavy atom. The fourth-order valence-electron chi connectivity index (χ4n) is 3.13. The van der Waals surface area contributed by atoms with Crippen molar-refractivity contribution in [2.24, 2.45) is 0 Å². The van der Waals surface area contributed by atoms with E-state index < -0.39 is 21.9 Å². The Labute approximate surface area is 175 Å². The quantitative estimate of drug-likeness (QED) is 0.497. The summed E-state index contributed by atoms with van der Waals surface area (Å²) in [6, 6.07) is 17.3. The second-order valence-electron chi connectivity index (χ2n) is 6.67. The van der Waals surface area contributed by atoms with Crippen LogP contribution in [0.2, 0.25) is 5.02 Å². The maximum atomic E-state index is 13.6. The fraction of sp³-hybridized carbons (Fsp3) is 0.182. The van der Waals surface area contributed by atoms with Crippen LogP contribution in [0.3, 0.4) is 0 Å². The third-order valence-electron chi connectivity index (χ3n) is 4.63. The molecule has 1 atom stereocenters. The highest BCUT2D eigenvalue weighted by Gasteiger charge is 2.31. The molecule has 0 saturated carbocycles. The molecule has 29 heavy (non-hydrogen) atoms. The molecule has 0 aliphatic heterocycles. The van der Waals surface area contributed by atoms with Gasteiger partial charge in [0.1, 0.15) is 11.6 Å². The van der Waals surface area contributed by atoms with E-state index >= 15 is 0 Å². The van der Waals surface area contributed by atoms with Crippen molar-refractivity contribution in [3.05, 3.63) is 88.7 Å². The second-order valence-corrected chi connectivity index (χ2v) is 8.89. The summed E-state index contributed by atoms with van der Waals surface area (Å²) in [7, 11) is -2.54. The molecule has 0 aromatic heterocycles. The highest BCUT2D eigenvalue weighted by atomic mass is 35.5. The van der Waals surface area contributed by atoms with E-state index in [0.29, 0.717) is 11.4 Å². The van der Waals surface area contributed by atoms with E-state index in [-0.39, 0.29) is 9.92 Å². The van der Waals surface area contributed by atoms with Crippen molar-refractivity contribution in [1.82, 2.24) is 0 Å². The summed E-state index contributed by atoms with van der Waals surface area (Å²) in [6.07, 6.45) is 0. The van der Waals surface area contributed by atoms with Crippen LogP contribution in [0, 0.1) is 12.7 Å². The molecular weight excluding hydrogens is 413 g/mol. The SMILES string of the molecule is COc1cccc(N([C@H](C)c2cccc(C)c2)S(=O)(=O)c2ccc(F)c(Cl)c2)c1. The number of halogens is 2. The lowest BCUT2D eigenvalue weighted by Gasteiger charge is -2.31. The number of methoxy groups -OCH3 is 1. The van der Waals surface area contributed by atoms with E-state index in [1.807, 2.05) is 31.2 Å². The molecule has 0 heterocycles. The van der Waals surface area contributed by atoms with Crippen molar-refractivity contribution >= 4 is 27.3 Å². The monoisotopic (exact) mass is 433 g/mol. The Kier molecular flexibility index (Phi) is 6.15. The van der Waals surface area contributed by atoms with Crippen molar-refractivity contribution in [2.45, 2.75) is 24.8 Å². The molecule has 0 radical (unpaired) electrons. The highest BCUT2D eigenvalue weighted by molar-refractivity contribution is 7.92. The van der Waals surface area contributed by atoms with Gasteiger partial charge < -0.3 is 4.74 Å². The van der Waals surface area contributed by atoms with Gasteiger partial charge >= 0.3 is 0 Å². The fourth-order valence-corrected chi connectivity index (χ4v) is 5.04. The average molecular weight is 434 g/mol. The van der Waals surface area contributed by atoms with Gasteiger partial charge in [-0.1, -0.05) is 47.5 Å². The first-order chi connectivity index (χ1) is 13.7. The topological polar surface area (TPSA) is 46.6 Å². The number of anilines is 1. The summed E-state index contributed by atoms with van der Waals surface area (Å²) >= 11 is 5.86. The van der Waals surface area contributed by atoms with Crippen LogP contribution in [-0.4, -0.2) is 15.5 Å². The summed E-state index contributed by atoms with van der Waals surface area (Å²) in [5.74, 6) is -0.151. The molecule has 0 aliphatic carbocycles. The minimum absolute atomic E-state index is 0.0915. The molecule has 0 aliphatic rings. The van der Waals surface area contributed by atoms with Crippen LogP contribution in [0.5, 0.6) is 5.75 Å². The maximum absolute atomic E-state index is 13.6. The predicted molar refractivity (Wildman–Crippen MR) is 114 cm³/mol. The average Bonchev–Trinajstić information content (AvgIpc) is 2.70. The minimum atomic E-state index is -4.05.